The zero-order valence-electron chi connectivity index (χ0n) is 12.0. The first-order valence-corrected chi connectivity index (χ1v) is 6.58. The SMILES string of the molecule is CCN(C(=O)c1ccc(F)c(OC)c1)c1ccccc1N. The number of hydrogen-bond donors (Lipinski definition) is 1. The summed E-state index contributed by atoms with van der Waals surface area (Å²) in [5, 5.41) is 0. The van der Waals surface area contributed by atoms with Crippen LogP contribution in [0.2, 0.25) is 0 Å². The van der Waals surface area contributed by atoms with Crippen molar-refractivity contribution in [3.05, 3.63) is 53.8 Å². The fourth-order valence-corrected chi connectivity index (χ4v) is 2.11. The van der Waals surface area contributed by atoms with Gasteiger partial charge in [0.1, 0.15) is 0 Å². The van der Waals surface area contributed by atoms with Crippen LogP contribution in [0, 0.1) is 5.82 Å². The third kappa shape index (κ3) is 2.97. The minimum absolute atomic E-state index is 0.0398. The molecule has 5 heteroatoms. The second-order valence-electron chi connectivity index (χ2n) is 4.46. The Bertz CT molecular complexity index is 658. The summed E-state index contributed by atoms with van der Waals surface area (Å²) in [6.45, 7) is 2.30. The van der Waals surface area contributed by atoms with E-state index in [1.54, 1.807) is 23.1 Å². The molecule has 2 rings (SSSR count). The van der Waals surface area contributed by atoms with Crippen molar-refractivity contribution in [2.24, 2.45) is 0 Å². The standard InChI is InChI=1S/C16H17FN2O2/c1-3-19(14-7-5-4-6-13(14)18)16(20)11-8-9-12(17)15(10-11)21-2/h4-10H,3,18H2,1-2H3. The first-order valence-electron chi connectivity index (χ1n) is 6.58. The van der Waals surface area contributed by atoms with E-state index in [0.29, 0.717) is 23.5 Å². The number of halogens is 1. The van der Waals surface area contributed by atoms with Crippen LogP contribution in [0.1, 0.15) is 17.3 Å². The number of amides is 1. The third-order valence-corrected chi connectivity index (χ3v) is 3.19. The lowest BCUT2D eigenvalue weighted by atomic mass is 10.1. The Morgan fingerprint density at radius 1 is 1.29 bits per heavy atom. The van der Waals surface area contributed by atoms with Gasteiger partial charge in [0.15, 0.2) is 11.6 Å². The van der Waals surface area contributed by atoms with Crippen LogP contribution in [0.25, 0.3) is 0 Å². The van der Waals surface area contributed by atoms with Crippen LogP contribution in [0.5, 0.6) is 5.75 Å². The minimum Gasteiger partial charge on any atom is -0.494 e. The number of benzene rings is 2. The molecule has 0 bridgehead atoms. The first-order chi connectivity index (χ1) is 10.1. The normalized spacial score (nSPS) is 10.2. The molecule has 1 amide bonds. The maximum absolute atomic E-state index is 13.4. The van der Waals surface area contributed by atoms with Crippen molar-refractivity contribution < 1.29 is 13.9 Å². The molecule has 0 unspecified atom stereocenters. The molecule has 0 radical (unpaired) electrons. The van der Waals surface area contributed by atoms with E-state index < -0.39 is 5.82 Å². The smallest absolute Gasteiger partial charge is 0.258 e. The minimum atomic E-state index is -0.503. The van der Waals surface area contributed by atoms with Crippen molar-refractivity contribution in [1.82, 2.24) is 0 Å². The molecule has 2 aromatic carbocycles. The number of nitrogens with zero attached hydrogens (tertiary/aromatic N) is 1. The maximum Gasteiger partial charge on any atom is 0.258 e. The Balaban J connectivity index is 2.39. The number of hydrogen-bond acceptors (Lipinski definition) is 3. The average Bonchev–Trinajstić information content (AvgIpc) is 2.50. The number of anilines is 2. The maximum atomic E-state index is 13.4. The lowest BCUT2D eigenvalue weighted by molar-refractivity contribution is 0.0988. The zero-order valence-corrected chi connectivity index (χ0v) is 12.0. The van der Waals surface area contributed by atoms with Crippen LogP contribution < -0.4 is 15.4 Å². The van der Waals surface area contributed by atoms with E-state index in [4.69, 9.17) is 10.5 Å². The molecule has 21 heavy (non-hydrogen) atoms. The van der Waals surface area contributed by atoms with E-state index in [1.165, 1.54) is 25.3 Å². The summed E-state index contributed by atoms with van der Waals surface area (Å²) < 4.78 is 18.3. The fourth-order valence-electron chi connectivity index (χ4n) is 2.11. The molecule has 0 heterocycles. The van der Waals surface area contributed by atoms with Crippen molar-refractivity contribution >= 4 is 17.3 Å². The van der Waals surface area contributed by atoms with Crippen LogP contribution in [-0.4, -0.2) is 19.6 Å². The number of carbonyl (C=O) groups is 1. The predicted octanol–water partition coefficient (Wildman–Crippen LogP) is 3.08. The second-order valence-corrected chi connectivity index (χ2v) is 4.46. The van der Waals surface area contributed by atoms with E-state index in [-0.39, 0.29) is 11.7 Å². The summed E-state index contributed by atoms with van der Waals surface area (Å²) in [6, 6.07) is 11.2. The van der Waals surface area contributed by atoms with Crippen molar-refractivity contribution in [3.63, 3.8) is 0 Å². The monoisotopic (exact) mass is 288 g/mol. The Morgan fingerprint density at radius 2 is 2.00 bits per heavy atom. The number of carbonyl (C=O) groups excluding carboxylic acids is 1. The van der Waals surface area contributed by atoms with Crippen LogP contribution in [-0.2, 0) is 0 Å². The quantitative estimate of drug-likeness (QED) is 0.880. The van der Waals surface area contributed by atoms with Gasteiger partial charge in [-0.25, -0.2) is 4.39 Å². The Morgan fingerprint density at radius 3 is 2.62 bits per heavy atom. The molecule has 110 valence electrons. The lowest BCUT2D eigenvalue weighted by Crippen LogP contribution is -2.31. The summed E-state index contributed by atoms with van der Waals surface area (Å²) in [6.07, 6.45) is 0. The lowest BCUT2D eigenvalue weighted by Gasteiger charge is -2.22. The summed E-state index contributed by atoms with van der Waals surface area (Å²) >= 11 is 0. The molecule has 0 aliphatic carbocycles. The van der Waals surface area contributed by atoms with Crippen molar-refractivity contribution in [3.8, 4) is 5.75 Å². The van der Waals surface area contributed by atoms with Gasteiger partial charge in [0.05, 0.1) is 18.5 Å². The van der Waals surface area contributed by atoms with Crippen molar-refractivity contribution in [2.45, 2.75) is 6.92 Å². The molecular formula is C16H17FN2O2. The Labute approximate surface area is 122 Å². The molecule has 4 nitrogen and oxygen atoms in total. The fraction of sp³-hybridized carbons (Fsp3) is 0.188. The van der Waals surface area contributed by atoms with Crippen LogP contribution >= 0.6 is 0 Å². The topological polar surface area (TPSA) is 55.6 Å². The Kier molecular flexibility index (Phi) is 4.42. The molecule has 0 spiro atoms. The molecule has 0 aliphatic rings. The van der Waals surface area contributed by atoms with E-state index in [9.17, 15) is 9.18 Å². The highest BCUT2D eigenvalue weighted by Crippen LogP contribution is 2.25. The van der Waals surface area contributed by atoms with Crippen LogP contribution in [0.15, 0.2) is 42.5 Å². The molecular weight excluding hydrogens is 271 g/mol. The van der Waals surface area contributed by atoms with E-state index >= 15 is 0 Å². The molecule has 0 fully saturated rings. The highest BCUT2D eigenvalue weighted by Gasteiger charge is 2.19. The molecule has 0 atom stereocenters. The van der Waals surface area contributed by atoms with Gasteiger partial charge in [0.2, 0.25) is 0 Å². The number of methoxy groups -OCH3 is 1. The van der Waals surface area contributed by atoms with Crippen molar-refractivity contribution in [1.29, 1.82) is 0 Å². The highest BCUT2D eigenvalue weighted by atomic mass is 19.1. The molecule has 2 N–H and O–H groups in total. The summed E-state index contributed by atoms with van der Waals surface area (Å²) in [5.74, 6) is -0.719. The third-order valence-electron chi connectivity index (χ3n) is 3.19. The van der Waals surface area contributed by atoms with Gasteiger partial charge < -0.3 is 15.4 Å². The van der Waals surface area contributed by atoms with E-state index in [0.717, 1.165) is 0 Å². The van der Waals surface area contributed by atoms with Gasteiger partial charge in [-0.05, 0) is 37.3 Å². The van der Waals surface area contributed by atoms with Gasteiger partial charge in [-0.1, -0.05) is 12.1 Å². The van der Waals surface area contributed by atoms with Gasteiger partial charge in [0, 0.05) is 12.1 Å². The first kappa shape index (κ1) is 14.8. The van der Waals surface area contributed by atoms with Gasteiger partial charge in [-0.3, -0.25) is 4.79 Å². The van der Waals surface area contributed by atoms with Gasteiger partial charge in [-0.15, -0.1) is 0 Å². The molecule has 0 aromatic heterocycles. The molecule has 0 saturated carbocycles. The number of rotatable bonds is 4. The van der Waals surface area contributed by atoms with Crippen LogP contribution in [0.4, 0.5) is 15.8 Å². The number of nitrogens with two attached hydrogens (primary N) is 1. The Hall–Kier alpha value is -2.56. The van der Waals surface area contributed by atoms with Crippen LogP contribution in [0.3, 0.4) is 0 Å². The predicted molar refractivity (Wildman–Crippen MR) is 81.2 cm³/mol. The van der Waals surface area contributed by atoms with E-state index in [1.807, 2.05) is 13.0 Å². The number of para-hydroxylation sites is 2. The van der Waals surface area contributed by atoms with E-state index in [2.05, 4.69) is 0 Å². The summed E-state index contributed by atoms with van der Waals surface area (Å²) in [5.41, 5.74) is 7.41. The molecule has 2 aromatic rings. The van der Waals surface area contributed by atoms with Crippen molar-refractivity contribution in [2.75, 3.05) is 24.3 Å². The molecule has 0 aliphatic heterocycles. The largest absolute Gasteiger partial charge is 0.494 e. The zero-order chi connectivity index (χ0) is 15.4. The van der Waals surface area contributed by atoms with Gasteiger partial charge in [0.25, 0.3) is 5.91 Å². The summed E-state index contributed by atoms with van der Waals surface area (Å²) in [7, 11) is 1.36. The summed E-state index contributed by atoms with van der Waals surface area (Å²) in [4.78, 5) is 14.1. The number of nitrogen functional groups attached to an aromatic ring is 1. The number of ether oxygens (including phenoxy) is 1. The highest BCUT2D eigenvalue weighted by molar-refractivity contribution is 6.07. The van der Waals surface area contributed by atoms with Gasteiger partial charge >= 0.3 is 0 Å². The second kappa shape index (κ2) is 6.26. The van der Waals surface area contributed by atoms with Gasteiger partial charge in [-0.2, -0.15) is 0 Å². The average molecular weight is 288 g/mol. The molecule has 0 saturated heterocycles.